The molecule has 1 heterocycles. The van der Waals surface area contributed by atoms with Gasteiger partial charge in [-0.15, -0.1) is 0 Å². The third-order valence-corrected chi connectivity index (χ3v) is 4.65. The van der Waals surface area contributed by atoms with Crippen molar-refractivity contribution in [3.63, 3.8) is 0 Å². The Morgan fingerprint density at radius 1 is 0.852 bits per heavy atom. The highest BCUT2D eigenvalue weighted by Gasteiger charge is 2.29. The molecule has 2 aromatic rings. The molecule has 0 saturated carbocycles. The third-order valence-electron chi connectivity index (χ3n) is 4.21. The molecule has 3 rings (SSSR count). The van der Waals surface area contributed by atoms with Crippen molar-refractivity contribution in [1.82, 2.24) is 9.80 Å². The van der Waals surface area contributed by atoms with Crippen LogP contribution >= 0.6 is 23.2 Å². The topological polar surface area (TPSA) is 60.9 Å². The molecule has 1 saturated heterocycles. The molecule has 9 heteroatoms. The minimum Gasteiger partial charge on any atom is -0.507 e. The van der Waals surface area contributed by atoms with Gasteiger partial charge in [-0.05, 0) is 18.2 Å². The van der Waals surface area contributed by atoms with Gasteiger partial charge < -0.3 is 14.9 Å². The molecule has 1 N–H and O–H groups in total. The Morgan fingerprint density at radius 2 is 1.37 bits per heavy atom. The zero-order valence-corrected chi connectivity index (χ0v) is 15.4. The molecule has 0 spiro atoms. The summed E-state index contributed by atoms with van der Waals surface area (Å²) in [5.74, 6) is -3.92. The van der Waals surface area contributed by atoms with Gasteiger partial charge in [0.1, 0.15) is 22.9 Å². The number of carbonyl (C=O) groups is 2. The molecule has 142 valence electrons. The Morgan fingerprint density at radius 3 is 1.89 bits per heavy atom. The van der Waals surface area contributed by atoms with Crippen LogP contribution in [0.15, 0.2) is 30.3 Å². The van der Waals surface area contributed by atoms with E-state index in [-0.39, 0.29) is 32.1 Å². The van der Waals surface area contributed by atoms with Gasteiger partial charge in [0, 0.05) is 53.9 Å². The number of phenolic OH excluding ortho intramolecular Hbond substituents is 1. The Labute approximate surface area is 163 Å². The quantitative estimate of drug-likeness (QED) is 0.816. The average molecular weight is 415 g/mol. The first-order chi connectivity index (χ1) is 12.8. The van der Waals surface area contributed by atoms with Crippen LogP contribution in [0.3, 0.4) is 0 Å². The van der Waals surface area contributed by atoms with E-state index in [0.717, 1.165) is 0 Å². The van der Waals surface area contributed by atoms with Crippen molar-refractivity contribution in [2.75, 3.05) is 26.2 Å². The van der Waals surface area contributed by atoms with Crippen molar-refractivity contribution < 1.29 is 23.5 Å². The molecule has 2 amide bonds. The molecule has 0 aromatic heterocycles. The molecule has 0 bridgehead atoms. The Kier molecular flexibility index (Phi) is 5.53. The Balaban J connectivity index is 1.70. The lowest BCUT2D eigenvalue weighted by Gasteiger charge is -2.35. The van der Waals surface area contributed by atoms with E-state index in [1.807, 2.05) is 0 Å². The van der Waals surface area contributed by atoms with Crippen molar-refractivity contribution in [1.29, 1.82) is 0 Å². The number of phenols is 1. The van der Waals surface area contributed by atoms with Gasteiger partial charge in [0.15, 0.2) is 0 Å². The third kappa shape index (κ3) is 4.14. The van der Waals surface area contributed by atoms with Crippen LogP contribution < -0.4 is 0 Å². The van der Waals surface area contributed by atoms with E-state index in [0.29, 0.717) is 27.7 Å². The second-order valence-corrected chi connectivity index (χ2v) is 6.90. The standard InChI is InChI=1S/C18H14Cl2F2N2O3/c19-11-5-10(6-12(20)7-11)17(26)23-1-3-24(4-2-23)18(27)16-14(22)8-13(21)9-15(16)25/h5-9,25H,1-4H2. The minimum atomic E-state index is -1.13. The van der Waals surface area contributed by atoms with Crippen LogP contribution in [0.5, 0.6) is 5.75 Å². The maximum atomic E-state index is 13.9. The number of aromatic hydroxyl groups is 1. The second kappa shape index (κ2) is 7.70. The van der Waals surface area contributed by atoms with Crippen molar-refractivity contribution in [2.45, 2.75) is 0 Å². The summed E-state index contributed by atoms with van der Waals surface area (Å²) in [7, 11) is 0. The number of rotatable bonds is 2. The highest BCUT2D eigenvalue weighted by Crippen LogP contribution is 2.25. The van der Waals surface area contributed by atoms with Crippen LogP contribution in [0.2, 0.25) is 10.0 Å². The monoisotopic (exact) mass is 414 g/mol. The molecule has 1 aliphatic heterocycles. The minimum absolute atomic E-state index is 0.134. The number of piperazine rings is 1. The summed E-state index contributed by atoms with van der Waals surface area (Å²) >= 11 is 11.8. The highest BCUT2D eigenvalue weighted by atomic mass is 35.5. The Hall–Kier alpha value is -2.38. The number of nitrogens with zero attached hydrogens (tertiary/aromatic N) is 2. The number of benzene rings is 2. The smallest absolute Gasteiger partial charge is 0.260 e. The molecule has 27 heavy (non-hydrogen) atoms. The van der Waals surface area contributed by atoms with Crippen molar-refractivity contribution in [3.8, 4) is 5.75 Å². The van der Waals surface area contributed by atoms with E-state index < -0.39 is 28.9 Å². The van der Waals surface area contributed by atoms with Gasteiger partial charge >= 0.3 is 0 Å². The van der Waals surface area contributed by atoms with Crippen LogP contribution in [-0.4, -0.2) is 52.9 Å². The van der Waals surface area contributed by atoms with Crippen LogP contribution in [-0.2, 0) is 0 Å². The van der Waals surface area contributed by atoms with Crippen LogP contribution in [0.25, 0.3) is 0 Å². The Bertz CT molecular complexity index is 872. The van der Waals surface area contributed by atoms with Crippen molar-refractivity contribution in [2.24, 2.45) is 0 Å². The summed E-state index contributed by atoms with van der Waals surface area (Å²) in [6, 6.07) is 5.73. The normalized spacial score (nSPS) is 14.4. The van der Waals surface area contributed by atoms with Gasteiger partial charge in [0.25, 0.3) is 11.8 Å². The fraction of sp³-hybridized carbons (Fsp3) is 0.222. The van der Waals surface area contributed by atoms with Crippen LogP contribution in [0.1, 0.15) is 20.7 Å². The summed E-state index contributed by atoms with van der Waals surface area (Å²) < 4.78 is 27.0. The van der Waals surface area contributed by atoms with E-state index in [1.54, 1.807) is 0 Å². The van der Waals surface area contributed by atoms with Gasteiger partial charge in [-0.1, -0.05) is 23.2 Å². The number of carbonyl (C=O) groups excluding carboxylic acids is 2. The van der Waals surface area contributed by atoms with Crippen LogP contribution in [0, 0.1) is 11.6 Å². The molecule has 2 aromatic carbocycles. The van der Waals surface area contributed by atoms with Gasteiger partial charge in [-0.2, -0.15) is 0 Å². The molecular formula is C18H14Cl2F2N2O3. The lowest BCUT2D eigenvalue weighted by Crippen LogP contribution is -2.50. The number of hydrogen-bond acceptors (Lipinski definition) is 3. The zero-order valence-electron chi connectivity index (χ0n) is 13.9. The summed E-state index contributed by atoms with van der Waals surface area (Å²) in [6.07, 6.45) is 0. The fourth-order valence-electron chi connectivity index (χ4n) is 2.90. The molecule has 1 aliphatic rings. The first-order valence-electron chi connectivity index (χ1n) is 7.99. The van der Waals surface area contributed by atoms with Crippen molar-refractivity contribution >= 4 is 35.0 Å². The van der Waals surface area contributed by atoms with E-state index in [2.05, 4.69) is 0 Å². The lowest BCUT2D eigenvalue weighted by molar-refractivity contribution is 0.0530. The SMILES string of the molecule is O=C(c1cc(Cl)cc(Cl)c1)N1CCN(C(=O)c2c(O)cc(F)cc2F)CC1. The number of amides is 2. The summed E-state index contributed by atoms with van der Waals surface area (Å²) in [4.78, 5) is 27.8. The average Bonchev–Trinajstić information content (AvgIpc) is 2.59. The number of hydrogen-bond donors (Lipinski definition) is 1. The first-order valence-corrected chi connectivity index (χ1v) is 8.74. The fourth-order valence-corrected chi connectivity index (χ4v) is 3.43. The summed E-state index contributed by atoms with van der Waals surface area (Å²) in [5.41, 5.74) is -0.257. The highest BCUT2D eigenvalue weighted by molar-refractivity contribution is 6.35. The first kappa shape index (κ1) is 19.4. The molecule has 0 unspecified atom stereocenters. The maximum absolute atomic E-state index is 13.9. The predicted molar refractivity (Wildman–Crippen MR) is 96.3 cm³/mol. The van der Waals surface area contributed by atoms with E-state index in [4.69, 9.17) is 23.2 Å². The molecule has 5 nitrogen and oxygen atoms in total. The largest absolute Gasteiger partial charge is 0.507 e. The van der Waals surface area contributed by atoms with Gasteiger partial charge in [-0.25, -0.2) is 8.78 Å². The van der Waals surface area contributed by atoms with E-state index in [9.17, 15) is 23.5 Å². The van der Waals surface area contributed by atoms with E-state index >= 15 is 0 Å². The summed E-state index contributed by atoms with van der Waals surface area (Å²) in [6.45, 7) is 0.681. The van der Waals surface area contributed by atoms with Gasteiger partial charge in [-0.3, -0.25) is 9.59 Å². The lowest BCUT2D eigenvalue weighted by atomic mass is 10.1. The van der Waals surface area contributed by atoms with E-state index in [1.165, 1.54) is 28.0 Å². The molecule has 1 fully saturated rings. The second-order valence-electron chi connectivity index (χ2n) is 6.02. The molecular weight excluding hydrogens is 401 g/mol. The molecule has 0 radical (unpaired) electrons. The zero-order chi connectivity index (χ0) is 19.7. The van der Waals surface area contributed by atoms with Crippen molar-refractivity contribution in [3.05, 3.63) is 63.1 Å². The summed E-state index contributed by atoms with van der Waals surface area (Å²) in [5, 5.41) is 10.4. The molecule has 0 atom stereocenters. The number of halogens is 4. The molecule has 0 aliphatic carbocycles. The van der Waals surface area contributed by atoms with Crippen LogP contribution in [0.4, 0.5) is 8.78 Å². The maximum Gasteiger partial charge on any atom is 0.260 e. The predicted octanol–water partition coefficient (Wildman–Crippen LogP) is 3.58. The van der Waals surface area contributed by atoms with Gasteiger partial charge in [0.05, 0.1) is 0 Å². The van der Waals surface area contributed by atoms with Gasteiger partial charge in [0.2, 0.25) is 0 Å².